The van der Waals surface area contributed by atoms with Gasteiger partial charge in [-0.15, -0.1) is 0 Å². The van der Waals surface area contributed by atoms with E-state index in [9.17, 15) is 4.79 Å². The second-order valence-corrected chi connectivity index (χ2v) is 5.57. The van der Waals surface area contributed by atoms with E-state index in [-0.39, 0.29) is 23.4 Å². The van der Waals surface area contributed by atoms with Crippen molar-refractivity contribution in [2.45, 2.75) is 33.3 Å². The number of carbonyl (C=O) groups is 1. The average Bonchev–Trinajstić information content (AvgIpc) is 2.54. The molecule has 0 N–H and O–H groups in total. The van der Waals surface area contributed by atoms with E-state index < -0.39 is 0 Å². The molecule has 2 nitrogen and oxygen atoms in total. The lowest BCUT2D eigenvalue weighted by molar-refractivity contribution is -0.145. The van der Waals surface area contributed by atoms with Crippen molar-refractivity contribution in [3.63, 3.8) is 0 Å². The van der Waals surface area contributed by atoms with Gasteiger partial charge in [-0.3, -0.25) is 4.79 Å². The van der Waals surface area contributed by atoms with Crippen molar-refractivity contribution in [3.8, 4) is 0 Å². The van der Waals surface area contributed by atoms with Gasteiger partial charge in [-0.25, -0.2) is 0 Å². The number of ether oxygens (including phenoxy) is 1. The molecule has 2 bridgehead atoms. The first-order chi connectivity index (χ1) is 6.03. The lowest BCUT2D eigenvalue weighted by Crippen LogP contribution is -2.37. The second kappa shape index (κ2) is 1.94. The maximum atomic E-state index is 11.6. The molecule has 2 saturated carbocycles. The minimum Gasteiger partial charge on any atom is -0.462 e. The lowest BCUT2D eigenvalue weighted by atomic mass is 9.66. The lowest BCUT2D eigenvalue weighted by Gasteiger charge is -2.36. The van der Waals surface area contributed by atoms with Crippen LogP contribution in [0.3, 0.4) is 0 Å². The van der Waals surface area contributed by atoms with Crippen molar-refractivity contribution in [1.82, 2.24) is 0 Å². The molecule has 13 heavy (non-hydrogen) atoms. The number of esters is 1. The zero-order chi connectivity index (χ0) is 9.38. The summed E-state index contributed by atoms with van der Waals surface area (Å²) in [7, 11) is 0. The monoisotopic (exact) mass is 180 g/mol. The fourth-order valence-corrected chi connectivity index (χ4v) is 4.23. The summed E-state index contributed by atoms with van der Waals surface area (Å²) in [5.41, 5.74) is 0.189. The van der Waals surface area contributed by atoms with Crippen molar-refractivity contribution in [1.29, 1.82) is 0 Å². The Labute approximate surface area is 78.6 Å². The van der Waals surface area contributed by atoms with Crippen LogP contribution in [0.5, 0.6) is 0 Å². The van der Waals surface area contributed by atoms with Crippen LogP contribution in [0.4, 0.5) is 0 Å². The predicted octanol–water partition coefficient (Wildman–Crippen LogP) is 1.84. The maximum absolute atomic E-state index is 11.6. The molecule has 3 aliphatic rings. The topological polar surface area (TPSA) is 26.3 Å². The first-order valence-corrected chi connectivity index (χ1v) is 5.24. The third-order valence-electron chi connectivity index (χ3n) is 4.79. The van der Waals surface area contributed by atoms with Crippen LogP contribution in [0.15, 0.2) is 0 Å². The molecule has 1 heterocycles. The van der Waals surface area contributed by atoms with Gasteiger partial charge < -0.3 is 4.74 Å². The Morgan fingerprint density at radius 2 is 2.15 bits per heavy atom. The van der Waals surface area contributed by atoms with Crippen LogP contribution in [-0.4, -0.2) is 12.1 Å². The van der Waals surface area contributed by atoms with Crippen molar-refractivity contribution in [2.75, 3.05) is 0 Å². The number of hydrogen-bond donors (Lipinski definition) is 0. The summed E-state index contributed by atoms with van der Waals surface area (Å²) < 4.78 is 5.45. The Bertz CT molecular complexity index is 282. The molecule has 0 radical (unpaired) electrons. The summed E-state index contributed by atoms with van der Waals surface area (Å²) in [4.78, 5) is 11.6. The minimum atomic E-state index is 0.0758. The normalized spacial score (nSPS) is 55.6. The Kier molecular flexibility index (Phi) is 1.17. The van der Waals surface area contributed by atoms with Crippen molar-refractivity contribution >= 4 is 5.97 Å². The highest BCUT2D eigenvalue weighted by molar-refractivity contribution is 5.77. The van der Waals surface area contributed by atoms with E-state index in [1.165, 1.54) is 6.42 Å². The standard InChI is InChI=1S/C11H16O2/c1-5-7-4-6-8(11(7,2)3)10(12)13-9(5)6/h5-9H,4H2,1-3H3. The molecular formula is C11H16O2. The zero-order valence-electron chi connectivity index (χ0n) is 8.41. The van der Waals surface area contributed by atoms with E-state index in [0.717, 1.165) is 0 Å². The van der Waals surface area contributed by atoms with Crippen LogP contribution in [-0.2, 0) is 9.53 Å². The third-order valence-corrected chi connectivity index (χ3v) is 4.79. The number of rotatable bonds is 0. The maximum Gasteiger partial charge on any atom is 0.310 e. The van der Waals surface area contributed by atoms with E-state index in [1.807, 2.05) is 0 Å². The first-order valence-electron chi connectivity index (χ1n) is 5.24. The van der Waals surface area contributed by atoms with Crippen LogP contribution < -0.4 is 0 Å². The summed E-state index contributed by atoms with van der Waals surface area (Å²) in [6.45, 7) is 6.72. The highest BCUT2D eigenvalue weighted by Gasteiger charge is 2.68. The SMILES string of the molecule is CC1C2OC(=O)C3C2CC1C3(C)C. The summed E-state index contributed by atoms with van der Waals surface area (Å²) in [6.07, 6.45) is 1.48. The molecule has 1 aliphatic heterocycles. The minimum absolute atomic E-state index is 0.0758. The van der Waals surface area contributed by atoms with E-state index >= 15 is 0 Å². The van der Waals surface area contributed by atoms with Gasteiger partial charge in [0.2, 0.25) is 0 Å². The summed E-state index contributed by atoms with van der Waals surface area (Å²) >= 11 is 0. The highest BCUT2D eigenvalue weighted by atomic mass is 16.6. The van der Waals surface area contributed by atoms with Gasteiger partial charge in [-0.2, -0.15) is 0 Å². The molecule has 5 unspecified atom stereocenters. The van der Waals surface area contributed by atoms with Gasteiger partial charge in [-0.1, -0.05) is 20.8 Å². The van der Waals surface area contributed by atoms with Gasteiger partial charge in [-0.05, 0) is 23.7 Å². The van der Waals surface area contributed by atoms with E-state index in [2.05, 4.69) is 20.8 Å². The molecule has 0 aromatic rings. The Morgan fingerprint density at radius 1 is 1.46 bits per heavy atom. The fourth-order valence-electron chi connectivity index (χ4n) is 4.23. The van der Waals surface area contributed by atoms with Gasteiger partial charge in [0.05, 0.1) is 5.92 Å². The van der Waals surface area contributed by atoms with Gasteiger partial charge in [0.25, 0.3) is 0 Å². The summed E-state index contributed by atoms with van der Waals surface area (Å²) in [6, 6.07) is 0. The van der Waals surface area contributed by atoms with Crippen LogP contribution in [0, 0.1) is 29.1 Å². The molecule has 5 atom stereocenters. The summed E-state index contributed by atoms with van der Waals surface area (Å²) in [5, 5.41) is 0. The number of hydrogen-bond acceptors (Lipinski definition) is 2. The largest absolute Gasteiger partial charge is 0.462 e. The number of fused-ring (bicyclic) bond motifs is 1. The second-order valence-electron chi connectivity index (χ2n) is 5.57. The molecule has 1 saturated heterocycles. The smallest absolute Gasteiger partial charge is 0.310 e. The average molecular weight is 180 g/mol. The first kappa shape index (κ1) is 7.84. The van der Waals surface area contributed by atoms with E-state index in [4.69, 9.17) is 4.74 Å². The molecule has 3 rings (SSSR count). The quantitative estimate of drug-likeness (QED) is 0.532. The van der Waals surface area contributed by atoms with E-state index in [0.29, 0.717) is 17.8 Å². The van der Waals surface area contributed by atoms with Gasteiger partial charge in [0.15, 0.2) is 0 Å². The van der Waals surface area contributed by atoms with Gasteiger partial charge >= 0.3 is 5.97 Å². The van der Waals surface area contributed by atoms with Gasteiger partial charge in [0.1, 0.15) is 6.10 Å². The Hall–Kier alpha value is -0.530. The molecular weight excluding hydrogens is 164 g/mol. The Morgan fingerprint density at radius 3 is 2.77 bits per heavy atom. The van der Waals surface area contributed by atoms with E-state index in [1.54, 1.807) is 0 Å². The predicted molar refractivity (Wildman–Crippen MR) is 47.9 cm³/mol. The van der Waals surface area contributed by atoms with Crippen molar-refractivity contribution in [2.24, 2.45) is 29.1 Å². The third kappa shape index (κ3) is 0.660. The molecule has 3 fully saturated rings. The molecule has 2 heteroatoms. The Balaban J connectivity index is 2.11. The highest BCUT2D eigenvalue weighted by Crippen LogP contribution is 2.65. The molecule has 0 amide bonds. The number of carbonyl (C=O) groups excluding carboxylic acids is 1. The van der Waals surface area contributed by atoms with Crippen LogP contribution in [0.2, 0.25) is 0 Å². The van der Waals surface area contributed by atoms with Crippen molar-refractivity contribution in [3.05, 3.63) is 0 Å². The fraction of sp³-hybridized carbons (Fsp3) is 0.909. The van der Waals surface area contributed by atoms with Crippen LogP contribution in [0.1, 0.15) is 27.2 Å². The molecule has 0 aromatic heterocycles. The zero-order valence-corrected chi connectivity index (χ0v) is 8.41. The van der Waals surface area contributed by atoms with Gasteiger partial charge in [0, 0.05) is 5.92 Å². The summed E-state index contributed by atoms with van der Waals surface area (Å²) in [5.74, 6) is 2.12. The molecule has 0 spiro atoms. The molecule has 2 aliphatic carbocycles. The molecule has 72 valence electrons. The van der Waals surface area contributed by atoms with Crippen LogP contribution >= 0.6 is 0 Å². The van der Waals surface area contributed by atoms with Crippen LogP contribution in [0.25, 0.3) is 0 Å². The van der Waals surface area contributed by atoms with Crippen molar-refractivity contribution < 1.29 is 9.53 Å². The molecule has 0 aromatic carbocycles.